The number of hydrogen-bond acceptors (Lipinski definition) is 3. The normalized spacial score (nSPS) is 10.6. The molecule has 0 unspecified atom stereocenters. The van der Waals surface area contributed by atoms with Crippen LogP contribution in [-0.2, 0) is 0 Å². The van der Waals surface area contributed by atoms with E-state index >= 15 is 0 Å². The molecule has 0 spiro atoms. The number of pyridine rings is 1. The molecule has 5 heteroatoms. The number of hydrogen-bond donors (Lipinski definition) is 1. The van der Waals surface area contributed by atoms with Gasteiger partial charge in [-0.15, -0.1) is 0 Å². The number of carbonyl (C=O) groups is 1. The van der Waals surface area contributed by atoms with Crippen LogP contribution < -0.4 is 4.90 Å². The van der Waals surface area contributed by atoms with E-state index in [9.17, 15) is 4.79 Å². The number of rotatable bonds is 4. The Bertz CT molecular complexity index is 394. The van der Waals surface area contributed by atoms with Crippen molar-refractivity contribution in [1.29, 1.82) is 0 Å². The second kappa shape index (κ2) is 5.16. The highest BCUT2D eigenvalue weighted by Gasteiger charge is 2.15. The quantitative estimate of drug-likeness (QED) is 0.882. The van der Waals surface area contributed by atoms with Crippen molar-refractivity contribution < 1.29 is 9.90 Å². The molecule has 0 saturated carbocycles. The molecule has 0 aliphatic heterocycles. The van der Waals surface area contributed by atoms with Gasteiger partial charge in [0.25, 0.3) is 0 Å². The van der Waals surface area contributed by atoms with Crippen LogP contribution in [-0.4, -0.2) is 28.6 Å². The Balaban J connectivity index is 3.15. The molecule has 1 aromatic heterocycles. The number of aromatic nitrogens is 1. The summed E-state index contributed by atoms with van der Waals surface area (Å²) in [6, 6.07) is 1.77. The molecule has 0 aromatic carbocycles. The van der Waals surface area contributed by atoms with Gasteiger partial charge in [-0.1, -0.05) is 11.6 Å². The van der Waals surface area contributed by atoms with Crippen molar-refractivity contribution in [2.45, 2.75) is 26.8 Å². The average Bonchev–Trinajstić information content (AvgIpc) is 2.20. The van der Waals surface area contributed by atoms with Crippen LogP contribution in [0.15, 0.2) is 12.3 Å². The summed E-state index contributed by atoms with van der Waals surface area (Å²) in [5.74, 6) is -0.396. The molecule has 0 aliphatic carbocycles. The Morgan fingerprint density at radius 2 is 2.25 bits per heavy atom. The van der Waals surface area contributed by atoms with Gasteiger partial charge in [-0.05, 0) is 26.8 Å². The molecule has 4 nitrogen and oxygen atoms in total. The molecule has 1 rings (SSSR count). The maximum Gasteiger partial charge on any atom is 0.337 e. The standard InChI is InChI=1S/C11H15ClN2O2/c1-4-14(7(2)3)10-5-8(11(15)16)9(12)6-13-10/h5-7H,4H2,1-3H3,(H,15,16). The molecule has 0 bridgehead atoms. The lowest BCUT2D eigenvalue weighted by atomic mass is 10.2. The molecule has 0 atom stereocenters. The van der Waals surface area contributed by atoms with Crippen LogP contribution in [0.1, 0.15) is 31.1 Å². The van der Waals surface area contributed by atoms with Crippen molar-refractivity contribution in [3.8, 4) is 0 Å². The Kier molecular flexibility index (Phi) is 4.12. The molecule has 16 heavy (non-hydrogen) atoms. The first kappa shape index (κ1) is 12.8. The van der Waals surface area contributed by atoms with E-state index in [1.165, 1.54) is 12.3 Å². The van der Waals surface area contributed by atoms with Crippen molar-refractivity contribution in [2.75, 3.05) is 11.4 Å². The highest BCUT2D eigenvalue weighted by Crippen LogP contribution is 2.21. The van der Waals surface area contributed by atoms with Gasteiger partial charge < -0.3 is 10.0 Å². The topological polar surface area (TPSA) is 53.4 Å². The SMILES string of the molecule is CCN(c1cc(C(=O)O)c(Cl)cn1)C(C)C. The number of aromatic carboxylic acids is 1. The maximum atomic E-state index is 10.9. The van der Waals surface area contributed by atoms with E-state index < -0.39 is 5.97 Å². The van der Waals surface area contributed by atoms with E-state index in [-0.39, 0.29) is 16.6 Å². The van der Waals surface area contributed by atoms with E-state index in [0.29, 0.717) is 5.82 Å². The number of nitrogens with zero attached hydrogens (tertiary/aromatic N) is 2. The summed E-state index contributed by atoms with van der Waals surface area (Å²) >= 11 is 5.76. The van der Waals surface area contributed by atoms with E-state index in [4.69, 9.17) is 16.7 Å². The molecule has 1 aromatic rings. The molecule has 88 valence electrons. The zero-order chi connectivity index (χ0) is 12.3. The Labute approximate surface area is 99.9 Å². The van der Waals surface area contributed by atoms with Gasteiger partial charge >= 0.3 is 5.97 Å². The molecular formula is C11H15ClN2O2. The van der Waals surface area contributed by atoms with E-state index in [1.54, 1.807) is 0 Å². The second-order valence-electron chi connectivity index (χ2n) is 3.71. The third-order valence-corrected chi connectivity index (χ3v) is 2.63. The van der Waals surface area contributed by atoms with Gasteiger partial charge in [0, 0.05) is 18.8 Å². The molecule has 0 amide bonds. The third kappa shape index (κ3) is 2.64. The number of carboxylic acid groups (broad SMARTS) is 1. The summed E-state index contributed by atoms with van der Waals surface area (Å²) in [4.78, 5) is 17.1. The van der Waals surface area contributed by atoms with Gasteiger partial charge in [0.1, 0.15) is 5.82 Å². The lowest BCUT2D eigenvalue weighted by Crippen LogP contribution is -2.31. The van der Waals surface area contributed by atoms with Gasteiger partial charge in [0.05, 0.1) is 10.6 Å². The van der Waals surface area contributed by atoms with Gasteiger partial charge in [-0.3, -0.25) is 0 Å². The van der Waals surface area contributed by atoms with Crippen molar-refractivity contribution in [3.05, 3.63) is 22.8 Å². The fraction of sp³-hybridized carbons (Fsp3) is 0.455. The molecule has 0 radical (unpaired) electrons. The zero-order valence-corrected chi connectivity index (χ0v) is 10.3. The fourth-order valence-electron chi connectivity index (χ4n) is 1.54. The largest absolute Gasteiger partial charge is 0.478 e. The smallest absolute Gasteiger partial charge is 0.337 e. The first-order valence-corrected chi connectivity index (χ1v) is 5.50. The number of carboxylic acids is 1. The van der Waals surface area contributed by atoms with Crippen LogP contribution >= 0.6 is 11.6 Å². The summed E-state index contributed by atoms with van der Waals surface area (Å²) in [6.07, 6.45) is 1.38. The van der Waals surface area contributed by atoms with Crippen LogP contribution in [0.5, 0.6) is 0 Å². The second-order valence-corrected chi connectivity index (χ2v) is 4.11. The minimum Gasteiger partial charge on any atom is -0.478 e. The molecule has 0 aliphatic rings. The minimum absolute atomic E-state index is 0.0887. The Morgan fingerprint density at radius 1 is 1.62 bits per heavy atom. The van der Waals surface area contributed by atoms with E-state index in [2.05, 4.69) is 4.98 Å². The Hall–Kier alpha value is -1.29. The third-order valence-electron chi connectivity index (χ3n) is 2.33. The van der Waals surface area contributed by atoms with Gasteiger partial charge in [0.15, 0.2) is 0 Å². The van der Waals surface area contributed by atoms with Crippen LogP contribution in [0, 0.1) is 0 Å². The first-order chi connectivity index (χ1) is 7.47. The fourth-order valence-corrected chi connectivity index (χ4v) is 1.72. The summed E-state index contributed by atoms with van der Waals surface area (Å²) in [5.41, 5.74) is 0.0887. The predicted molar refractivity (Wildman–Crippen MR) is 64.4 cm³/mol. The van der Waals surface area contributed by atoms with Gasteiger partial charge in [-0.2, -0.15) is 0 Å². The molecule has 1 heterocycles. The summed E-state index contributed by atoms with van der Waals surface area (Å²) in [6.45, 7) is 6.82. The van der Waals surface area contributed by atoms with Crippen LogP contribution in [0.2, 0.25) is 5.02 Å². The molecule has 1 N–H and O–H groups in total. The number of halogens is 1. The van der Waals surface area contributed by atoms with Crippen LogP contribution in [0.4, 0.5) is 5.82 Å². The predicted octanol–water partition coefficient (Wildman–Crippen LogP) is 2.67. The molecule has 0 saturated heterocycles. The van der Waals surface area contributed by atoms with Crippen molar-refractivity contribution in [1.82, 2.24) is 4.98 Å². The lowest BCUT2D eigenvalue weighted by Gasteiger charge is -2.26. The Morgan fingerprint density at radius 3 is 2.69 bits per heavy atom. The van der Waals surface area contributed by atoms with Crippen LogP contribution in [0.3, 0.4) is 0 Å². The van der Waals surface area contributed by atoms with E-state index in [0.717, 1.165) is 6.54 Å². The highest BCUT2D eigenvalue weighted by atomic mass is 35.5. The van der Waals surface area contributed by atoms with Gasteiger partial charge in [-0.25, -0.2) is 9.78 Å². The monoisotopic (exact) mass is 242 g/mol. The molecular weight excluding hydrogens is 228 g/mol. The van der Waals surface area contributed by atoms with Crippen molar-refractivity contribution in [3.63, 3.8) is 0 Å². The minimum atomic E-state index is -1.03. The van der Waals surface area contributed by atoms with Crippen LogP contribution in [0.25, 0.3) is 0 Å². The lowest BCUT2D eigenvalue weighted by molar-refractivity contribution is 0.0697. The maximum absolute atomic E-state index is 10.9. The highest BCUT2D eigenvalue weighted by molar-refractivity contribution is 6.33. The van der Waals surface area contributed by atoms with E-state index in [1.807, 2.05) is 25.7 Å². The summed E-state index contributed by atoms with van der Waals surface area (Å²) in [7, 11) is 0. The molecule has 0 fully saturated rings. The zero-order valence-electron chi connectivity index (χ0n) is 9.57. The van der Waals surface area contributed by atoms with Crippen molar-refractivity contribution in [2.24, 2.45) is 0 Å². The summed E-state index contributed by atoms with van der Waals surface area (Å²) in [5, 5.41) is 9.12. The average molecular weight is 243 g/mol. The number of anilines is 1. The van der Waals surface area contributed by atoms with Crippen molar-refractivity contribution >= 4 is 23.4 Å². The first-order valence-electron chi connectivity index (χ1n) is 5.12. The van der Waals surface area contributed by atoms with Gasteiger partial charge in [0.2, 0.25) is 0 Å². The summed E-state index contributed by atoms with van der Waals surface area (Å²) < 4.78 is 0.